The average Bonchev–Trinajstić information content (AvgIpc) is 2.39. The lowest BCUT2D eigenvalue weighted by Gasteiger charge is -2.09. The molecule has 4 heteroatoms. The first-order valence-electron chi connectivity index (χ1n) is 6.08. The maximum absolute atomic E-state index is 11.9. The minimum Gasteiger partial charge on any atom is -0.392 e. The van der Waals surface area contributed by atoms with E-state index in [-0.39, 0.29) is 12.5 Å². The first-order valence-corrected chi connectivity index (χ1v) is 6.08. The lowest BCUT2D eigenvalue weighted by Crippen LogP contribution is -2.15. The lowest BCUT2D eigenvalue weighted by atomic mass is 10.1. The summed E-state index contributed by atoms with van der Waals surface area (Å²) in [6.07, 6.45) is 3.43. The molecule has 0 unspecified atom stereocenters. The SMILES string of the molecule is Cc1cccc(CC(=O)Nc2cnccc2CO)c1. The molecule has 0 saturated heterocycles. The number of hydrogen-bond acceptors (Lipinski definition) is 3. The largest absolute Gasteiger partial charge is 0.392 e. The highest BCUT2D eigenvalue weighted by Gasteiger charge is 2.07. The fourth-order valence-corrected chi connectivity index (χ4v) is 1.88. The molecule has 1 aromatic heterocycles. The van der Waals surface area contributed by atoms with Gasteiger partial charge in [-0.2, -0.15) is 0 Å². The van der Waals surface area contributed by atoms with E-state index < -0.39 is 0 Å². The number of amides is 1. The molecule has 1 amide bonds. The van der Waals surface area contributed by atoms with Gasteiger partial charge in [0.1, 0.15) is 0 Å². The molecule has 1 heterocycles. The highest BCUT2D eigenvalue weighted by Crippen LogP contribution is 2.14. The molecule has 0 aliphatic rings. The molecule has 0 aliphatic heterocycles. The molecule has 0 aliphatic carbocycles. The average molecular weight is 256 g/mol. The molecule has 2 aromatic rings. The lowest BCUT2D eigenvalue weighted by molar-refractivity contribution is -0.115. The second-order valence-corrected chi connectivity index (χ2v) is 4.40. The Bertz CT molecular complexity index is 582. The Hall–Kier alpha value is -2.20. The zero-order chi connectivity index (χ0) is 13.7. The normalized spacial score (nSPS) is 10.2. The van der Waals surface area contributed by atoms with Gasteiger partial charge in [-0.1, -0.05) is 29.8 Å². The highest BCUT2D eigenvalue weighted by atomic mass is 16.3. The maximum atomic E-state index is 11.9. The van der Waals surface area contributed by atoms with E-state index in [2.05, 4.69) is 10.3 Å². The zero-order valence-corrected chi connectivity index (χ0v) is 10.8. The van der Waals surface area contributed by atoms with E-state index in [9.17, 15) is 9.90 Å². The quantitative estimate of drug-likeness (QED) is 0.880. The first-order chi connectivity index (χ1) is 9.19. The van der Waals surface area contributed by atoms with Gasteiger partial charge < -0.3 is 10.4 Å². The Kier molecular flexibility index (Phi) is 4.26. The number of hydrogen-bond donors (Lipinski definition) is 2. The number of anilines is 1. The number of carbonyl (C=O) groups excluding carboxylic acids is 1. The van der Waals surface area contributed by atoms with Crippen LogP contribution in [0.15, 0.2) is 42.7 Å². The van der Waals surface area contributed by atoms with Crippen LogP contribution in [0.5, 0.6) is 0 Å². The van der Waals surface area contributed by atoms with Crippen molar-refractivity contribution in [3.63, 3.8) is 0 Å². The van der Waals surface area contributed by atoms with Gasteiger partial charge in [-0.05, 0) is 18.6 Å². The van der Waals surface area contributed by atoms with Gasteiger partial charge in [0.15, 0.2) is 0 Å². The molecule has 98 valence electrons. The number of aliphatic hydroxyl groups is 1. The van der Waals surface area contributed by atoms with Crippen molar-refractivity contribution in [2.45, 2.75) is 20.0 Å². The summed E-state index contributed by atoms with van der Waals surface area (Å²) in [6, 6.07) is 9.51. The molecule has 19 heavy (non-hydrogen) atoms. The van der Waals surface area contributed by atoms with Gasteiger partial charge >= 0.3 is 0 Å². The van der Waals surface area contributed by atoms with Crippen molar-refractivity contribution >= 4 is 11.6 Å². The molecule has 0 fully saturated rings. The summed E-state index contributed by atoms with van der Waals surface area (Å²) in [5, 5.41) is 11.9. The van der Waals surface area contributed by atoms with Gasteiger partial charge in [0.2, 0.25) is 5.91 Å². The third-order valence-electron chi connectivity index (χ3n) is 2.80. The molecule has 0 bridgehead atoms. The van der Waals surface area contributed by atoms with Crippen LogP contribution in [0.4, 0.5) is 5.69 Å². The van der Waals surface area contributed by atoms with Crippen molar-refractivity contribution < 1.29 is 9.90 Å². The van der Waals surface area contributed by atoms with E-state index in [1.54, 1.807) is 18.5 Å². The summed E-state index contributed by atoms with van der Waals surface area (Å²) in [6.45, 7) is 1.87. The Morgan fingerprint density at radius 3 is 2.95 bits per heavy atom. The fraction of sp³-hybridized carbons (Fsp3) is 0.200. The van der Waals surface area contributed by atoms with E-state index in [0.29, 0.717) is 17.7 Å². The number of pyridine rings is 1. The molecule has 0 saturated carbocycles. The van der Waals surface area contributed by atoms with Crippen molar-refractivity contribution in [2.24, 2.45) is 0 Å². The number of aromatic nitrogens is 1. The molecule has 2 rings (SSSR count). The monoisotopic (exact) mass is 256 g/mol. The topological polar surface area (TPSA) is 62.2 Å². The molecule has 2 N–H and O–H groups in total. The highest BCUT2D eigenvalue weighted by molar-refractivity contribution is 5.92. The first kappa shape index (κ1) is 13.2. The van der Waals surface area contributed by atoms with Crippen LogP contribution in [0.3, 0.4) is 0 Å². The van der Waals surface area contributed by atoms with Crippen LogP contribution in [-0.4, -0.2) is 16.0 Å². The van der Waals surface area contributed by atoms with Crippen LogP contribution in [-0.2, 0) is 17.8 Å². The predicted molar refractivity (Wildman–Crippen MR) is 73.7 cm³/mol. The van der Waals surface area contributed by atoms with Crippen LogP contribution in [0.1, 0.15) is 16.7 Å². The number of aliphatic hydroxyl groups excluding tert-OH is 1. The number of benzene rings is 1. The van der Waals surface area contributed by atoms with Crippen LogP contribution < -0.4 is 5.32 Å². The number of aryl methyl sites for hydroxylation is 1. The summed E-state index contributed by atoms with van der Waals surface area (Å²) in [4.78, 5) is 15.9. The number of rotatable bonds is 4. The molecule has 0 atom stereocenters. The van der Waals surface area contributed by atoms with E-state index >= 15 is 0 Å². The summed E-state index contributed by atoms with van der Waals surface area (Å²) >= 11 is 0. The van der Waals surface area contributed by atoms with E-state index in [0.717, 1.165) is 11.1 Å². The Labute approximate surface area is 112 Å². The van der Waals surface area contributed by atoms with Gasteiger partial charge in [0, 0.05) is 11.8 Å². The minimum absolute atomic E-state index is 0.117. The zero-order valence-electron chi connectivity index (χ0n) is 10.8. The third-order valence-corrected chi connectivity index (χ3v) is 2.80. The Morgan fingerprint density at radius 2 is 2.21 bits per heavy atom. The summed E-state index contributed by atoms with van der Waals surface area (Å²) in [5.74, 6) is -0.117. The number of carbonyl (C=O) groups is 1. The number of nitrogens with zero attached hydrogens (tertiary/aromatic N) is 1. The third kappa shape index (κ3) is 3.63. The van der Waals surface area contributed by atoms with Crippen molar-refractivity contribution in [1.29, 1.82) is 0 Å². The molecular formula is C15H16N2O2. The van der Waals surface area contributed by atoms with Crippen LogP contribution >= 0.6 is 0 Å². The Balaban J connectivity index is 2.05. The standard InChI is InChI=1S/C15H16N2O2/c1-11-3-2-4-12(7-11)8-15(19)17-14-9-16-6-5-13(14)10-18/h2-7,9,18H,8,10H2,1H3,(H,17,19). The van der Waals surface area contributed by atoms with Gasteiger partial charge in [0.25, 0.3) is 0 Å². The van der Waals surface area contributed by atoms with E-state index in [1.165, 1.54) is 0 Å². The van der Waals surface area contributed by atoms with Crippen LogP contribution in [0.2, 0.25) is 0 Å². The number of nitrogens with one attached hydrogen (secondary N) is 1. The Morgan fingerprint density at radius 1 is 1.37 bits per heavy atom. The van der Waals surface area contributed by atoms with Gasteiger partial charge in [0.05, 0.1) is 24.9 Å². The molecule has 0 spiro atoms. The van der Waals surface area contributed by atoms with Gasteiger partial charge in [-0.25, -0.2) is 0 Å². The van der Waals surface area contributed by atoms with Gasteiger partial charge in [-0.15, -0.1) is 0 Å². The molecule has 4 nitrogen and oxygen atoms in total. The van der Waals surface area contributed by atoms with E-state index in [4.69, 9.17) is 0 Å². The van der Waals surface area contributed by atoms with E-state index in [1.807, 2.05) is 31.2 Å². The van der Waals surface area contributed by atoms with Crippen molar-refractivity contribution in [3.8, 4) is 0 Å². The summed E-state index contributed by atoms with van der Waals surface area (Å²) < 4.78 is 0. The second kappa shape index (κ2) is 6.11. The minimum atomic E-state index is -0.122. The molecule has 0 radical (unpaired) electrons. The summed E-state index contributed by atoms with van der Waals surface area (Å²) in [7, 11) is 0. The fourth-order valence-electron chi connectivity index (χ4n) is 1.88. The van der Waals surface area contributed by atoms with Crippen molar-refractivity contribution in [1.82, 2.24) is 4.98 Å². The van der Waals surface area contributed by atoms with Crippen LogP contribution in [0, 0.1) is 6.92 Å². The molecule has 1 aromatic carbocycles. The van der Waals surface area contributed by atoms with Crippen molar-refractivity contribution in [3.05, 3.63) is 59.4 Å². The molecular weight excluding hydrogens is 240 g/mol. The van der Waals surface area contributed by atoms with Gasteiger partial charge in [-0.3, -0.25) is 9.78 Å². The second-order valence-electron chi connectivity index (χ2n) is 4.40. The predicted octanol–water partition coefficient (Wildman–Crippen LogP) is 2.06. The van der Waals surface area contributed by atoms with Crippen molar-refractivity contribution in [2.75, 3.05) is 5.32 Å². The van der Waals surface area contributed by atoms with Crippen LogP contribution in [0.25, 0.3) is 0 Å². The maximum Gasteiger partial charge on any atom is 0.228 e. The smallest absolute Gasteiger partial charge is 0.228 e. The summed E-state index contributed by atoms with van der Waals surface area (Å²) in [5.41, 5.74) is 3.31.